The third kappa shape index (κ3) is 3.95. The van der Waals surface area contributed by atoms with E-state index in [1.807, 2.05) is 18.2 Å². The molecule has 1 amide bonds. The lowest BCUT2D eigenvalue weighted by atomic mass is 9.93. The molecular weight excluding hydrogens is 292 g/mol. The first kappa shape index (κ1) is 17.5. The monoisotopic (exact) mass is 312 g/mol. The SMILES string of the molecule is COC(=O)C(C)(C)CNC(=O)c1ccc2c(c1)CNC2.Cl. The summed E-state index contributed by atoms with van der Waals surface area (Å²) >= 11 is 0. The molecule has 1 aromatic carbocycles. The van der Waals surface area contributed by atoms with Gasteiger partial charge in [0.15, 0.2) is 0 Å². The van der Waals surface area contributed by atoms with E-state index in [9.17, 15) is 9.59 Å². The van der Waals surface area contributed by atoms with Gasteiger partial charge in [0.1, 0.15) is 0 Å². The minimum absolute atomic E-state index is 0. The van der Waals surface area contributed by atoms with Crippen LogP contribution in [0.5, 0.6) is 0 Å². The van der Waals surface area contributed by atoms with Gasteiger partial charge >= 0.3 is 5.97 Å². The van der Waals surface area contributed by atoms with Crippen LogP contribution >= 0.6 is 12.4 Å². The highest BCUT2D eigenvalue weighted by Crippen LogP contribution is 2.18. The molecule has 2 rings (SSSR count). The highest BCUT2D eigenvalue weighted by molar-refractivity contribution is 5.94. The number of ether oxygens (including phenoxy) is 1. The standard InChI is InChI=1S/C15H20N2O3.ClH/c1-15(2,14(19)20-3)9-17-13(18)10-4-5-11-7-16-8-12(11)6-10;/h4-6,16H,7-9H2,1-3H3,(H,17,18);1H. The van der Waals surface area contributed by atoms with Crippen molar-refractivity contribution in [3.8, 4) is 0 Å². The van der Waals surface area contributed by atoms with E-state index >= 15 is 0 Å². The Hall–Kier alpha value is -1.59. The van der Waals surface area contributed by atoms with Crippen LogP contribution < -0.4 is 10.6 Å². The van der Waals surface area contributed by atoms with Crippen LogP contribution in [0.3, 0.4) is 0 Å². The molecule has 0 atom stereocenters. The number of carbonyl (C=O) groups excluding carboxylic acids is 2. The van der Waals surface area contributed by atoms with Gasteiger partial charge in [-0.2, -0.15) is 0 Å². The zero-order valence-electron chi connectivity index (χ0n) is 12.5. The zero-order valence-corrected chi connectivity index (χ0v) is 13.3. The normalized spacial score (nSPS) is 13.1. The summed E-state index contributed by atoms with van der Waals surface area (Å²) in [5, 5.41) is 6.03. The van der Waals surface area contributed by atoms with E-state index < -0.39 is 5.41 Å². The maximum absolute atomic E-state index is 12.1. The number of amides is 1. The minimum Gasteiger partial charge on any atom is -0.469 e. The maximum atomic E-state index is 12.1. The quantitative estimate of drug-likeness (QED) is 0.830. The number of methoxy groups -OCH3 is 1. The van der Waals surface area contributed by atoms with E-state index in [-0.39, 0.29) is 30.8 Å². The first-order valence-corrected chi connectivity index (χ1v) is 6.63. The van der Waals surface area contributed by atoms with Crippen molar-refractivity contribution >= 4 is 24.3 Å². The summed E-state index contributed by atoms with van der Waals surface area (Å²) in [6.07, 6.45) is 0. The van der Waals surface area contributed by atoms with E-state index in [4.69, 9.17) is 4.74 Å². The number of fused-ring (bicyclic) bond motifs is 1. The summed E-state index contributed by atoms with van der Waals surface area (Å²) in [6, 6.07) is 5.68. The Bertz CT molecular complexity index is 544. The van der Waals surface area contributed by atoms with Gasteiger partial charge in [-0.25, -0.2) is 0 Å². The van der Waals surface area contributed by atoms with Gasteiger partial charge in [-0.3, -0.25) is 9.59 Å². The van der Waals surface area contributed by atoms with E-state index in [1.54, 1.807) is 13.8 Å². The molecule has 1 aromatic rings. The lowest BCUT2D eigenvalue weighted by molar-refractivity contribution is -0.150. The molecule has 6 heteroatoms. The van der Waals surface area contributed by atoms with E-state index in [0.29, 0.717) is 5.56 Å². The molecule has 0 saturated heterocycles. The Labute approximate surface area is 130 Å². The van der Waals surface area contributed by atoms with Gasteiger partial charge in [-0.1, -0.05) is 6.07 Å². The summed E-state index contributed by atoms with van der Waals surface area (Å²) in [7, 11) is 1.35. The first-order valence-electron chi connectivity index (χ1n) is 6.63. The topological polar surface area (TPSA) is 67.4 Å². The van der Waals surface area contributed by atoms with Gasteiger partial charge in [0.25, 0.3) is 5.91 Å². The van der Waals surface area contributed by atoms with Gasteiger partial charge in [0.2, 0.25) is 0 Å². The Balaban J connectivity index is 0.00000220. The van der Waals surface area contributed by atoms with Crippen LogP contribution in [-0.2, 0) is 22.6 Å². The second-order valence-electron chi connectivity index (χ2n) is 5.65. The van der Waals surface area contributed by atoms with Crippen molar-refractivity contribution in [3.63, 3.8) is 0 Å². The van der Waals surface area contributed by atoms with Gasteiger partial charge < -0.3 is 15.4 Å². The Kier molecular flexibility index (Phi) is 5.75. The van der Waals surface area contributed by atoms with Gasteiger partial charge in [-0.15, -0.1) is 12.4 Å². The van der Waals surface area contributed by atoms with Crippen molar-refractivity contribution in [2.45, 2.75) is 26.9 Å². The third-order valence-corrected chi connectivity index (χ3v) is 3.53. The van der Waals surface area contributed by atoms with Crippen molar-refractivity contribution < 1.29 is 14.3 Å². The lowest BCUT2D eigenvalue weighted by Crippen LogP contribution is -2.39. The van der Waals surface area contributed by atoms with Gasteiger partial charge in [0, 0.05) is 25.2 Å². The summed E-state index contributed by atoms with van der Waals surface area (Å²) in [6.45, 7) is 5.38. The zero-order chi connectivity index (χ0) is 14.8. The number of carbonyl (C=O) groups is 2. The second-order valence-corrected chi connectivity index (χ2v) is 5.65. The van der Waals surface area contributed by atoms with E-state index in [1.165, 1.54) is 12.7 Å². The Morgan fingerprint density at radius 1 is 1.29 bits per heavy atom. The molecule has 1 aliphatic heterocycles. The van der Waals surface area contributed by atoms with Crippen molar-refractivity contribution in [3.05, 3.63) is 34.9 Å². The molecule has 0 saturated carbocycles. The minimum atomic E-state index is -0.733. The first-order chi connectivity index (χ1) is 9.44. The largest absolute Gasteiger partial charge is 0.469 e. The van der Waals surface area contributed by atoms with Crippen molar-refractivity contribution in [1.82, 2.24) is 10.6 Å². The van der Waals surface area contributed by atoms with E-state index in [0.717, 1.165) is 18.7 Å². The number of benzene rings is 1. The van der Waals surface area contributed by atoms with Crippen LogP contribution in [0.15, 0.2) is 18.2 Å². The summed E-state index contributed by atoms with van der Waals surface area (Å²) < 4.78 is 4.72. The molecule has 1 aliphatic rings. The molecule has 21 heavy (non-hydrogen) atoms. The smallest absolute Gasteiger partial charge is 0.313 e. The van der Waals surface area contributed by atoms with Crippen LogP contribution in [-0.4, -0.2) is 25.5 Å². The highest BCUT2D eigenvalue weighted by atomic mass is 35.5. The van der Waals surface area contributed by atoms with Crippen LogP contribution in [0, 0.1) is 5.41 Å². The molecule has 0 aliphatic carbocycles. The lowest BCUT2D eigenvalue weighted by Gasteiger charge is -2.21. The Morgan fingerprint density at radius 3 is 2.62 bits per heavy atom. The van der Waals surface area contributed by atoms with Crippen molar-refractivity contribution in [1.29, 1.82) is 0 Å². The summed E-state index contributed by atoms with van der Waals surface area (Å²) in [5.41, 5.74) is 2.28. The van der Waals surface area contributed by atoms with Crippen LogP contribution in [0.1, 0.15) is 35.3 Å². The number of halogens is 1. The fraction of sp³-hybridized carbons (Fsp3) is 0.467. The van der Waals surface area contributed by atoms with Crippen LogP contribution in [0.2, 0.25) is 0 Å². The number of hydrogen-bond donors (Lipinski definition) is 2. The van der Waals surface area contributed by atoms with Gasteiger partial charge in [0.05, 0.1) is 12.5 Å². The predicted molar refractivity (Wildman–Crippen MR) is 82.4 cm³/mol. The van der Waals surface area contributed by atoms with Crippen molar-refractivity contribution in [2.75, 3.05) is 13.7 Å². The number of nitrogens with one attached hydrogen (secondary N) is 2. The summed E-state index contributed by atoms with van der Waals surface area (Å²) in [4.78, 5) is 23.7. The highest BCUT2D eigenvalue weighted by Gasteiger charge is 2.29. The number of rotatable bonds is 4. The average Bonchev–Trinajstić information content (AvgIpc) is 2.91. The molecule has 0 spiro atoms. The molecule has 116 valence electrons. The summed E-state index contributed by atoms with van der Waals surface area (Å²) in [5.74, 6) is -0.507. The molecule has 0 unspecified atom stereocenters. The molecule has 0 bridgehead atoms. The fourth-order valence-corrected chi connectivity index (χ4v) is 2.19. The number of hydrogen-bond acceptors (Lipinski definition) is 4. The molecule has 1 heterocycles. The molecular formula is C15H21ClN2O3. The Morgan fingerprint density at radius 2 is 1.95 bits per heavy atom. The molecule has 0 radical (unpaired) electrons. The van der Waals surface area contributed by atoms with Gasteiger partial charge in [-0.05, 0) is 37.1 Å². The second kappa shape index (κ2) is 6.91. The predicted octanol–water partition coefficient (Wildman–Crippen LogP) is 1.64. The molecule has 5 nitrogen and oxygen atoms in total. The van der Waals surface area contributed by atoms with Crippen LogP contribution in [0.4, 0.5) is 0 Å². The molecule has 0 aromatic heterocycles. The van der Waals surface area contributed by atoms with Crippen molar-refractivity contribution in [2.24, 2.45) is 5.41 Å². The third-order valence-electron chi connectivity index (χ3n) is 3.53. The average molecular weight is 313 g/mol. The molecule has 0 fully saturated rings. The maximum Gasteiger partial charge on any atom is 0.313 e. The molecule has 2 N–H and O–H groups in total. The fourth-order valence-electron chi connectivity index (χ4n) is 2.19. The van der Waals surface area contributed by atoms with Crippen LogP contribution in [0.25, 0.3) is 0 Å². The number of esters is 1. The van der Waals surface area contributed by atoms with E-state index in [2.05, 4.69) is 10.6 Å².